The zero-order chi connectivity index (χ0) is 17.5. The van der Waals surface area contributed by atoms with Crippen LogP contribution in [0.15, 0.2) is 24.3 Å². The molecule has 1 unspecified atom stereocenters. The van der Waals surface area contributed by atoms with E-state index >= 15 is 0 Å². The molecule has 1 aromatic rings. The smallest absolute Gasteiger partial charge is 0.325 e. The standard InChI is InChI=1S/C19H26N2O3/c1-18(2,3)13-5-7-14(8-6-13)19(4)16(22)21(17(23)20-19)15-9-11-24-12-10-15/h5-8,15H,9-12H2,1-4H3,(H,20,23). The molecule has 1 atom stereocenters. The van der Waals surface area contributed by atoms with Gasteiger partial charge in [0.15, 0.2) is 0 Å². The minimum absolute atomic E-state index is 0.0521. The van der Waals surface area contributed by atoms with Gasteiger partial charge in [0.25, 0.3) is 5.91 Å². The van der Waals surface area contributed by atoms with E-state index in [2.05, 4.69) is 26.1 Å². The quantitative estimate of drug-likeness (QED) is 0.848. The third-order valence-electron chi connectivity index (χ3n) is 5.11. The molecule has 3 rings (SSSR count). The summed E-state index contributed by atoms with van der Waals surface area (Å²) in [4.78, 5) is 26.9. The number of hydrogen-bond donors (Lipinski definition) is 1. The molecule has 130 valence electrons. The van der Waals surface area contributed by atoms with Crippen LogP contribution in [-0.4, -0.2) is 36.1 Å². The number of nitrogens with one attached hydrogen (secondary N) is 1. The topological polar surface area (TPSA) is 58.6 Å². The third-order valence-corrected chi connectivity index (χ3v) is 5.11. The van der Waals surface area contributed by atoms with Gasteiger partial charge in [0.05, 0.1) is 0 Å². The zero-order valence-electron chi connectivity index (χ0n) is 14.9. The minimum Gasteiger partial charge on any atom is -0.381 e. The Bertz CT molecular complexity index is 642. The van der Waals surface area contributed by atoms with Crippen molar-refractivity contribution >= 4 is 11.9 Å². The fourth-order valence-electron chi connectivity index (χ4n) is 3.43. The Hall–Kier alpha value is -1.88. The molecular formula is C19H26N2O3. The molecule has 0 aliphatic carbocycles. The lowest BCUT2D eigenvalue weighted by atomic mass is 9.84. The summed E-state index contributed by atoms with van der Waals surface area (Å²) in [7, 11) is 0. The molecule has 1 N–H and O–H groups in total. The molecule has 0 bridgehead atoms. The van der Waals surface area contributed by atoms with Crippen LogP contribution >= 0.6 is 0 Å². The molecule has 24 heavy (non-hydrogen) atoms. The lowest BCUT2D eigenvalue weighted by molar-refractivity contribution is -0.133. The molecule has 2 fully saturated rings. The van der Waals surface area contributed by atoms with E-state index in [4.69, 9.17) is 4.74 Å². The average Bonchev–Trinajstić information content (AvgIpc) is 2.78. The Balaban J connectivity index is 1.87. The number of nitrogens with zero attached hydrogens (tertiary/aromatic N) is 1. The van der Waals surface area contributed by atoms with Gasteiger partial charge in [-0.15, -0.1) is 0 Å². The Kier molecular flexibility index (Phi) is 4.16. The van der Waals surface area contributed by atoms with Crippen molar-refractivity contribution in [1.82, 2.24) is 10.2 Å². The normalized spacial score (nSPS) is 25.9. The van der Waals surface area contributed by atoms with E-state index in [0.29, 0.717) is 26.1 Å². The lowest BCUT2D eigenvalue weighted by Gasteiger charge is -2.30. The van der Waals surface area contributed by atoms with Crippen LogP contribution in [0.1, 0.15) is 51.7 Å². The van der Waals surface area contributed by atoms with Crippen LogP contribution in [-0.2, 0) is 20.5 Å². The number of hydrogen-bond acceptors (Lipinski definition) is 3. The number of rotatable bonds is 2. The number of benzene rings is 1. The molecule has 2 heterocycles. The fraction of sp³-hybridized carbons (Fsp3) is 0.579. The summed E-state index contributed by atoms with van der Waals surface area (Å²) in [6.07, 6.45) is 1.41. The summed E-state index contributed by atoms with van der Waals surface area (Å²) in [6, 6.07) is 7.61. The van der Waals surface area contributed by atoms with Crippen LogP contribution in [0.25, 0.3) is 0 Å². The van der Waals surface area contributed by atoms with Crippen LogP contribution in [0, 0.1) is 0 Å². The highest BCUT2D eigenvalue weighted by Gasteiger charge is 2.51. The SMILES string of the molecule is CC(C)(C)c1ccc(C2(C)NC(=O)N(C3CCOCC3)C2=O)cc1. The maximum atomic E-state index is 13.0. The Morgan fingerprint density at radius 1 is 1.12 bits per heavy atom. The molecule has 0 radical (unpaired) electrons. The highest BCUT2D eigenvalue weighted by molar-refractivity contribution is 6.07. The van der Waals surface area contributed by atoms with Gasteiger partial charge < -0.3 is 10.1 Å². The van der Waals surface area contributed by atoms with Gasteiger partial charge in [-0.25, -0.2) is 4.79 Å². The van der Waals surface area contributed by atoms with Gasteiger partial charge in [0, 0.05) is 19.3 Å². The number of carbonyl (C=O) groups excluding carboxylic acids is 2. The van der Waals surface area contributed by atoms with Crippen LogP contribution in [0.2, 0.25) is 0 Å². The first kappa shape index (κ1) is 17.0. The van der Waals surface area contributed by atoms with Crippen LogP contribution < -0.4 is 5.32 Å². The van der Waals surface area contributed by atoms with E-state index in [1.54, 1.807) is 6.92 Å². The fourth-order valence-corrected chi connectivity index (χ4v) is 3.43. The largest absolute Gasteiger partial charge is 0.381 e. The molecule has 2 aliphatic rings. The highest BCUT2D eigenvalue weighted by atomic mass is 16.5. The summed E-state index contributed by atoms with van der Waals surface area (Å²) in [6.45, 7) is 9.44. The second-order valence-electron chi connectivity index (χ2n) is 7.90. The maximum Gasteiger partial charge on any atom is 0.325 e. The van der Waals surface area contributed by atoms with Gasteiger partial charge in [0.1, 0.15) is 5.54 Å². The predicted octanol–water partition coefficient (Wildman–Crippen LogP) is 2.93. The highest BCUT2D eigenvalue weighted by Crippen LogP contribution is 2.33. The molecular weight excluding hydrogens is 304 g/mol. The van der Waals surface area contributed by atoms with Crippen LogP contribution in [0.4, 0.5) is 4.79 Å². The molecule has 0 saturated carbocycles. The van der Waals surface area contributed by atoms with Crippen molar-refractivity contribution in [2.24, 2.45) is 0 Å². The van der Waals surface area contributed by atoms with Crippen molar-refractivity contribution < 1.29 is 14.3 Å². The van der Waals surface area contributed by atoms with Crippen molar-refractivity contribution in [2.75, 3.05) is 13.2 Å². The van der Waals surface area contributed by atoms with Crippen molar-refractivity contribution in [1.29, 1.82) is 0 Å². The van der Waals surface area contributed by atoms with Crippen molar-refractivity contribution in [3.63, 3.8) is 0 Å². The molecule has 3 amide bonds. The monoisotopic (exact) mass is 330 g/mol. The second kappa shape index (κ2) is 5.88. The average molecular weight is 330 g/mol. The molecule has 0 spiro atoms. The van der Waals surface area contributed by atoms with Gasteiger partial charge in [-0.1, -0.05) is 45.0 Å². The van der Waals surface area contributed by atoms with Gasteiger partial charge in [-0.05, 0) is 36.3 Å². The summed E-state index contributed by atoms with van der Waals surface area (Å²) in [5.41, 5.74) is 1.08. The van der Waals surface area contributed by atoms with E-state index in [1.165, 1.54) is 10.5 Å². The van der Waals surface area contributed by atoms with Crippen molar-refractivity contribution in [2.45, 2.75) is 57.5 Å². The molecule has 0 aromatic heterocycles. The summed E-state index contributed by atoms with van der Waals surface area (Å²) in [5.74, 6) is -0.164. The van der Waals surface area contributed by atoms with E-state index in [-0.39, 0.29) is 23.4 Å². The van der Waals surface area contributed by atoms with E-state index < -0.39 is 5.54 Å². The zero-order valence-corrected chi connectivity index (χ0v) is 14.9. The summed E-state index contributed by atoms with van der Waals surface area (Å²) in [5, 5.41) is 2.90. The van der Waals surface area contributed by atoms with Crippen molar-refractivity contribution in [3.8, 4) is 0 Å². The van der Waals surface area contributed by atoms with Gasteiger partial charge in [-0.3, -0.25) is 9.69 Å². The van der Waals surface area contributed by atoms with Crippen LogP contribution in [0.5, 0.6) is 0 Å². The maximum absolute atomic E-state index is 13.0. The number of carbonyl (C=O) groups is 2. The molecule has 5 nitrogen and oxygen atoms in total. The van der Waals surface area contributed by atoms with Crippen molar-refractivity contribution in [3.05, 3.63) is 35.4 Å². The summed E-state index contributed by atoms with van der Waals surface area (Å²) >= 11 is 0. The second-order valence-corrected chi connectivity index (χ2v) is 7.90. The molecule has 2 saturated heterocycles. The first-order valence-electron chi connectivity index (χ1n) is 8.58. The summed E-state index contributed by atoms with van der Waals surface area (Å²) < 4.78 is 5.34. The first-order chi connectivity index (χ1) is 11.2. The molecule has 2 aliphatic heterocycles. The minimum atomic E-state index is -0.994. The number of imide groups is 1. The predicted molar refractivity (Wildman–Crippen MR) is 91.7 cm³/mol. The Morgan fingerprint density at radius 3 is 2.25 bits per heavy atom. The van der Waals surface area contributed by atoms with Gasteiger partial charge in [0.2, 0.25) is 0 Å². The van der Waals surface area contributed by atoms with E-state index in [9.17, 15) is 9.59 Å². The number of amides is 3. The van der Waals surface area contributed by atoms with E-state index in [0.717, 1.165) is 5.56 Å². The molecule has 5 heteroatoms. The van der Waals surface area contributed by atoms with Gasteiger partial charge >= 0.3 is 6.03 Å². The van der Waals surface area contributed by atoms with Crippen LogP contribution in [0.3, 0.4) is 0 Å². The number of urea groups is 1. The Labute approximate surface area is 143 Å². The van der Waals surface area contributed by atoms with Gasteiger partial charge in [-0.2, -0.15) is 0 Å². The Morgan fingerprint density at radius 2 is 1.71 bits per heavy atom. The molecule has 1 aromatic carbocycles. The first-order valence-corrected chi connectivity index (χ1v) is 8.58. The third kappa shape index (κ3) is 2.81. The van der Waals surface area contributed by atoms with E-state index in [1.807, 2.05) is 24.3 Å². The lowest BCUT2D eigenvalue weighted by Crippen LogP contribution is -2.45. The number of ether oxygens (including phenoxy) is 1.